The van der Waals surface area contributed by atoms with Gasteiger partial charge >= 0.3 is 0 Å². The number of carbonyl (C=O) groups is 3. The Labute approximate surface area is 212 Å². The van der Waals surface area contributed by atoms with Gasteiger partial charge in [0.2, 0.25) is 5.78 Å². The van der Waals surface area contributed by atoms with Crippen LogP contribution in [-0.4, -0.2) is 68.4 Å². The molecule has 37 heavy (non-hydrogen) atoms. The molecule has 3 aliphatic carbocycles. The Morgan fingerprint density at radius 2 is 1.70 bits per heavy atom. The van der Waals surface area contributed by atoms with Gasteiger partial charge in [0.05, 0.1) is 11.6 Å². The summed E-state index contributed by atoms with van der Waals surface area (Å²) in [7, 11) is 3.20. The van der Waals surface area contributed by atoms with Gasteiger partial charge in [-0.3, -0.25) is 19.3 Å². The van der Waals surface area contributed by atoms with Crippen LogP contribution in [0, 0.1) is 17.7 Å². The lowest BCUT2D eigenvalue weighted by Crippen LogP contribution is -2.63. The SMILES string of the molecule is CC(=O)C1=C(O)[C@@H](N(C)C)[C@@H]2C[C@H]3C(=C(O)[C@]2(O)C1=O)C(=O)c1c(O)cccc1[C@H]3c1ccc(F)cc1. The van der Waals surface area contributed by atoms with E-state index in [4.69, 9.17) is 0 Å². The van der Waals surface area contributed by atoms with Gasteiger partial charge in [-0.1, -0.05) is 24.3 Å². The van der Waals surface area contributed by atoms with Crippen molar-refractivity contribution in [1.82, 2.24) is 4.90 Å². The first-order valence-electron chi connectivity index (χ1n) is 11.8. The average Bonchev–Trinajstić information content (AvgIpc) is 2.82. The third-order valence-electron chi connectivity index (χ3n) is 7.94. The van der Waals surface area contributed by atoms with Crippen LogP contribution in [0.25, 0.3) is 0 Å². The average molecular weight is 508 g/mol. The third kappa shape index (κ3) is 3.30. The number of allylic oxidation sites excluding steroid dienone is 1. The van der Waals surface area contributed by atoms with Crippen LogP contribution in [0.1, 0.15) is 40.7 Å². The maximum atomic E-state index is 13.8. The van der Waals surface area contributed by atoms with Crippen molar-refractivity contribution < 1.29 is 39.2 Å². The number of nitrogens with zero attached hydrogens (tertiary/aromatic N) is 1. The molecule has 192 valence electrons. The van der Waals surface area contributed by atoms with Crippen LogP contribution < -0.4 is 0 Å². The minimum atomic E-state index is -2.65. The van der Waals surface area contributed by atoms with E-state index in [-0.39, 0.29) is 23.3 Å². The molecule has 0 fully saturated rings. The molecule has 0 saturated heterocycles. The summed E-state index contributed by atoms with van der Waals surface area (Å²) < 4.78 is 13.8. The van der Waals surface area contributed by atoms with Gasteiger partial charge in [-0.25, -0.2) is 4.39 Å². The van der Waals surface area contributed by atoms with Gasteiger partial charge in [-0.05, 0) is 56.8 Å². The fourth-order valence-corrected chi connectivity index (χ4v) is 6.42. The minimum Gasteiger partial charge on any atom is -0.510 e. The van der Waals surface area contributed by atoms with Crippen molar-refractivity contribution in [3.05, 3.63) is 87.6 Å². The number of ketones is 3. The van der Waals surface area contributed by atoms with Crippen LogP contribution in [0.3, 0.4) is 0 Å². The highest BCUT2D eigenvalue weighted by Crippen LogP contribution is 2.56. The largest absolute Gasteiger partial charge is 0.510 e. The summed E-state index contributed by atoms with van der Waals surface area (Å²) in [6.45, 7) is 1.07. The van der Waals surface area contributed by atoms with Crippen LogP contribution in [0.5, 0.6) is 5.75 Å². The van der Waals surface area contributed by atoms with E-state index in [0.29, 0.717) is 11.1 Å². The van der Waals surface area contributed by atoms with E-state index < -0.39 is 69.7 Å². The Balaban J connectivity index is 1.82. The normalized spacial score (nSPS) is 29.2. The summed E-state index contributed by atoms with van der Waals surface area (Å²) in [5.41, 5.74) is -2.58. The first-order chi connectivity index (χ1) is 17.4. The van der Waals surface area contributed by atoms with Gasteiger partial charge in [0, 0.05) is 23.3 Å². The van der Waals surface area contributed by atoms with Gasteiger partial charge in [0.25, 0.3) is 0 Å². The molecule has 0 spiro atoms. The summed E-state index contributed by atoms with van der Waals surface area (Å²) in [6.07, 6.45) is -0.0391. The first-order valence-corrected chi connectivity index (χ1v) is 11.8. The molecule has 2 aromatic carbocycles. The number of hydrogen-bond acceptors (Lipinski definition) is 8. The Bertz CT molecular complexity index is 1420. The molecular weight excluding hydrogens is 481 g/mol. The number of phenols is 1. The minimum absolute atomic E-state index is 0.0391. The van der Waals surface area contributed by atoms with Crippen molar-refractivity contribution >= 4 is 17.3 Å². The number of halogens is 1. The molecule has 2 aromatic rings. The van der Waals surface area contributed by atoms with Crippen LogP contribution in [0.15, 0.2) is 65.1 Å². The zero-order chi connectivity index (χ0) is 27.0. The lowest BCUT2D eigenvalue weighted by atomic mass is 9.55. The van der Waals surface area contributed by atoms with Gasteiger partial charge in [0.15, 0.2) is 17.2 Å². The lowest BCUT2D eigenvalue weighted by Gasteiger charge is -2.51. The van der Waals surface area contributed by atoms with Crippen molar-refractivity contribution in [3.63, 3.8) is 0 Å². The second kappa shape index (κ2) is 8.36. The van der Waals surface area contributed by atoms with E-state index >= 15 is 0 Å². The number of aliphatic hydroxyl groups is 3. The number of likely N-dealkylation sites (N-methyl/N-ethyl adjacent to an activating group) is 1. The first kappa shape index (κ1) is 24.9. The smallest absolute Gasteiger partial charge is 0.209 e. The molecule has 0 bridgehead atoms. The van der Waals surface area contributed by atoms with E-state index in [2.05, 4.69) is 0 Å². The van der Waals surface area contributed by atoms with Crippen LogP contribution in [-0.2, 0) is 9.59 Å². The number of carbonyl (C=O) groups excluding carboxylic acids is 3. The summed E-state index contributed by atoms with van der Waals surface area (Å²) in [6, 6.07) is 9.13. The lowest BCUT2D eigenvalue weighted by molar-refractivity contribution is -0.148. The van der Waals surface area contributed by atoms with Crippen molar-refractivity contribution in [2.75, 3.05) is 14.1 Å². The predicted molar refractivity (Wildman–Crippen MR) is 130 cm³/mol. The Morgan fingerprint density at radius 3 is 2.30 bits per heavy atom. The number of aliphatic hydroxyl groups excluding tert-OH is 2. The Kier molecular flexibility index (Phi) is 5.61. The number of hydrogen-bond donors (Lipinski definition) is 4. The molecule has 0 heterocycles. The van der Waals surface area contributed by atoms with Gasteiger partial charge in [0.1, 0.15) is 28.7 Å². The molecule has 8 nitrogen and oxygen atoms in total. The number of rotatable bonds is 3. The number of aromatic hydroxyl groups is 1. The molecule has 5 atom stereocenters. The molecule has 0 radical (unpaired) electrons. The molecule has 0 unspecified atom stereocenters. The van der Waals surface area contributed by atoms with Crippen molar-refractivity contribution in [1.29, 1.82) is 0 Å². The van der Waals surface area contributed by atoms with Crippen LogP contribution in [0.4, 0.5) is 4.39 Å². The molecule has 3 aliphatic rings. The predicted octanol–water partition coefficient (Wildman–Crippen LogP) is 2.95. The van der Waals surface area contributed by atoms with Crippen LogP contribution >= 0.6 is 0 Å². The maximum Gasteiger partial charge on any atom is 0.209 e. The highest BCUT2D eigenvalue weighted by atomic mass is 19.1. The topological polar surface area (TPSA) is 135 Å². The monoisotopic (exact) mass is 507 g/mol. The summed E-state index contributed by atoms with van der Waals surface area (Å²) >= 11 is 0. The van der Waals surface area contributed by atoms with Crippen molar-refractivity contribution in [2.45, 2.75) is 30.9 Å². The van der Waals surface area contributed by atoms with Crippen molar-refractivity contribution in [3.8, 4) is 5.75 Å². The van der Waals surface area contributed by atoms with E-state index in [1.54, 1.807) is 38.4 Å². The number of benzene rings is 2. The van der Waals surface area contributed by atoms with E-state index in [1.807, 2.05) is 0 Å². The highest BCUT2D eigenvalue weighted by Gasteiger charge is 2.64. The van der Waals surface area contributed by atoms with Crippen molar-refractivity contribution in [2.24, 2.45) is 11.8 Å². The number of Topliss-reactive ketones (excluding diaryl/α,β-unsaturated/α-hetero) is 3. The molecule has 0 saturated carbocycles. The summed E-state index contributed by atoms with van der Waals surface area (Å²) in [4.78, 5) is 41.1. The highest BCUT2D eigenvalue weighted by molar-refractivity contribution is 6.25. The Morgan fingerprint density at radius 1 is 1.05 bits per heavy atom. The maximum absolute atomic E-state index is 13.8. The number of fused-ring (bicyclic) bond motifs is 3. The van der Waals surface area contributed by atoms with Gasteiger partial charge in [-0.2, -0.15) is 0 Å². The second-order valence-electron chi connectivity index (χ2n) is 10.1. The van der Waals surface area contributed by atoms with E-state index in [0.717, 1.165) is 6.92 Å². The Hall–Kier alpha value is -3.82. The molecule has 0 aliphatic heterocycles. The molecule has 5 rings (SSSR count). The van der Waals surface area contributed by atoms with Gasteiger partial charge in [-0.15, -0.1) is 0 Å². The molecule has 9 heteroatoms. The number of phenolic OH excluding ortho intramolecular Hbond substituents is 1. The zero-order valence-electron chi connectivity index (χ0n) is 20.4. The molecule has 0 amide bonds. The van der Waals surface area contributed by atoms with E-state index in [1.165, 1.54) is 23.1 Å². The third-order valence-corrected chi connectivity index (χ3v) is 7.94. The molecule has 0 aromatic heterocycles. The fraction of sp³-hybridized carbons (Fsp3) is 0.321. The molecular formula is C28H26FNO7. The van der Waals surface area contributed by atoms with E-state index in [9.17, 15) is 39.2 Å². The zero-order valence-corrected chi connectivity index (χ0v) is 20.4. The summed E-state index contributed by atoms with van der Waals surface area (Å²) in [5.74, 6) is -7.51. The standard InChI is InChI=1S/C28H26FNO7/c1-12(31)19-25(34)23(30(2)3)17-11-16-20(13-7-9-14(29)10-8-13)15-5-4-6-18(32)21(15)24(33)22(16)27(36)28(17,37)26(19)35/h4-10,16-17,20,23,32,34,36-37H,11H2,1-3H3/t16-,17+,20-,23+,28-/m1/s1. The fourth-order valence-electron chi connectivity index (χ4n) is 6.42. The molecule has 4 N–H and O–H groups in total. The van der Waals surface area contributed by atoms with Gasteiger partial charge < -0.3 is 20.4 Å². The summed E-state index contributed by atoms with van der Waals surface area (Å²) in [5, 5.41) is 44.9. The quantitative estimate of drug-likeness (QED) is 0.466. The second-order valence-corrected chi connectivity index (χ2v) is 10.1. The van der Waals surface area contributed by atoms with Crippen LogP contribution in [0.2, 0.25) is 0 Å².